The number of benzene rings is 1. The Labute approximate surface area is 118 Å². The minimum absolute atomic E-state index is 0.366. The van der Waals surface area contributed by atoms with Gasteiger partial charge in [-0.3, -0.25) is 0 Å². The summed E-state index contributed by atoms with van der Waals surface area (Å²) >= 11 is 6.12. The topological polar surface area (TPSA) is 34.1 Å². The van der Waals surface area contributed by atoms with Crippen molar-refractivity contribution in [2.75, 3.05) is 12.4 Å². The largest absolute Gasteiger partial charge is 0.487 e. The monoisotopic (exact) mass is 276 g/mol. The van der Waals surface area contributed by atoms with E-state index in [4.69, 9.17) is 16.3 Å². The van der Waals surface area contributed by atoms with Crippen LogP contribution in [0.15, 0.2) is 36.4 Å². The van der Waals surface area contributed by atoms with Gasteiger partial charge in [-0.15, -0.1) is 0 Å². The third-order valence-corrected chi connectivity index (χ3v) is 3.24. The lowest BCUT2D eigenvalue weighted by molar-refractivity contribution is 0.298. The summed E-state index contributed by atoms with van der Waals surface area (Å²) in [6, 6.07) is 11.7. The molecular formula is C15H17ClN2O. The van der Waals surface area contributed by atoms with Crippen LogP contribution in [0.5, 0.6) is 5.75 Å². The molecule has 1 aromatic carbocycles. The molecule has 0 atom stereocenters. The van der Waals surface area contributed by atoms with Gasteiger partial charge in [0.05, 0.1) is 10.7 Å². The highest BCUT2D eigenvalue weighted by Gasteiger charge is 2.06. The first-order chi connectivity index (χ1) is 9.24. The maximum absolute atomic E-state index is 6.12. The van der Waals surface area contributed by atoms with Gasteiger partial charge in [0.1, 0.15) is 18.2 Å². The van der Waals surface area contributed by atoms with Gasteiger partial charge in [-0.05, 0) is 30.2 Å². The zero-order valence-electron chi connectivity index (χ0n) is 11.1. The summed E-state index contributed by atoms with van der Waals surface area (Å²) in [5.41, 5.74) is 1.92. The molecule has 0 amide bonds. The molecule has 0 unspecified atom stereocenters. The summed E-state index contributed by atoms with van der Waals surface area (Å²) in [7, 11) is 1.83. The fourth-order valence-corrected chi connectivity index (χ4v) is 1.97. The first kappa shape index (κ1) is 13.7. The zero-order chi connectivity index (χ0) is 13.7. The van der Waals surface area contributed by atoms with Crippen LogP contribution in [0, 0.1) is 0 Å². The van der Waals surface area contributed by atoms with Gasteiger partial charge in [-0.2, -0.15) is 0 Å². The van der Waals surface area contributed by atoms with Crippen molar-refractivity contribution >= 4 is 17.4 Å². The SMILES string of the molecule is CCc1ccccc1OCc1nc(NC)ccc1Cl. The minimum Gasteiger partial charge on any atom is -0.487 e. The molecule has 0 aliphatic rings. The number of hydrogen-bond acceptors (Lipinski definition) is 3. The van der Waals surface area contributed by atoms with Gasteiger partial charge >= 0.3 is 0 Å². The minimum atomic E-state index is 0.366. The number of ether oxygens (including phenoxy) is 1. The van der Waals surface area contributed by atoms with Gasteiger partial charge in [0.2, 0.25) is 0 Å². The van der Waals surface area contributed by atoms with E-state index in [0.717, 1.165) is 23.7 Å². The number of pyridine rings is 1. The van der Waals surface area contributed by atoms with Crippen molar-refractivity contribution in [1.29, 1.82) is 0 Å². The van der Waals surface area contributed by atoms with Crippen LogP contribution in [0.4, 0.5) is 5.82 Å². The Balaban J connectivity index is 2.14. The maximum atomic E-state index is 6.12. The summed E-state index contributed by atoms with van der Waals surface area (Å²) in [6.07, 6.45) is 0.938. The van der Waals surface area contributed by atoms with Crippen LogP contribution in [0.3, 0.4) is 0 Å². The first-order valence-corrected chi connectivity index (χ1v) is 6.66. The third kappa shape index (κ3) is 3.38. The normalized spacial score (nSPS) is 10.3. The Kier molecular flexibility index (Phi) is 4.63. The van der Waals surface area contributed by atoms with E-state index in [1.165, 1.54) is 5.56 Å². The van der Waals surface area contributed by atoms with Crippen molar-refractivity contribution in [1.82, 2.24) is 4.98 Å². The number of aromatic nitrogens is 1. The van der Waals surface area contributed by atoms with E-state index in [9.17, 15) is 0 Å². The molecule has 0 saturated heterocycles. The Hall–Kier alpha value is -1.74. The molecule has 2 aromatic rings. The van der Waals surface area contributed by atoms with Crippen molar-refractivity contribution in [2.24, 2.45) is 0 Å². The molecule has 19 heavy (non-hydrogen) atoms. The number of halogens is 1. The van der Waals surface area contributed by atoms with Gasteiger partial charge in [-0.25, -0.2) is 4.98 Å². The van der Waals surface area contributed by atoms with Crippen molar-refractivity contribution in [3.8, 4) is 5.75 Å². The second kappa shape index (κ2) is 6.43. The van der Waals surface area contributed by atoms with Crippen LogP contribution in [0.25, 0.3) is 0 Å². The van der Waals surface area contributed by atoms with Gasteiger partial charge in [0.25, 0.3) is 0 Å². The summed E-state index contributed by atoms with van der Waals surface area (Å²) in [5, 5.41) is 3.61. The van der Waals surface area contributed by atoms with Crippen LogP contribution in [-0.2, 0) is 13.0 Å². The van der Waals surface area contributed by atoms with Crippen LogP contribution in [0.2, 0.25) is 5.02 Å². The molecule has 100 valence electrons. The average molecular weight is 277 g/mol. The Morgan fingerprint density at radius 3 is 2.74 bits per heavy atom. The standard InChI is InChI=1S/C15H17ClN2O/c1-3-11-6-4-5-7-14(11)19-10-13-12(16)8-9-15(17-2)18-13/h4-9H,3,10H2,1-2H3,(H,17,18). The van der Waals surface area contributed by atoms with Crippen molar-refractivity contribution in [3.05, 3.63) is 52.7 Å². The number of nitrogens with one attached hydrogen (secondary N) is 1. The van der Waals surface area contributed by atoms with E-state index < -0.39 is 0 Å². The fourth-order valence-electron chi connectivity index (χ4n) is 1.81. The Morgan fingerprint density at radius 1 is 1.21 bits per heavy atom. The molecule has 1 N–H and O–H groups in total. The molecule has 0 saturated carbocycles. The lowest BCUT2D eigenvalue weighted by atomic mass is 10.1. The average Bonchev–Trinajstić information content (AvgIpc) is 2.46. The van der Waals surface area contributed by atoms with E-state index in [2.05, 4.69) is 23.3 Å². The summed E-state index contributed by atoms with van der Waals surface area (Å²) < 4.78 is 5.82. The molecule has 0 bridgehead atoms. The summed E-state index contributed by atoms with van der Waals surface area (Å²) in [5.74, 6) is 1.67. The number of nitrogens with zero attached hydrogens (tertiary/aromatic N) is 1. The second-order valence-corrected chi connectivity index (χ2v) is 4.53. The van der Waals surface area contributed by atoms with Gasteiger partial charge in [0.15, 0.2) is 0 Å². The quantitative estimate of drug-likeness (QED) is 0.899. The second-order valence-electron chi connectivity index (χ2n) is 4.12. The van der Waals surface area contributed by atoms with Crippen LogP contribution in [0.1, 0.15) is 18.2 Å². The lowest BCUT2D eigenvalue weighted by Crippen LogP contribution is -2.03. The highest BCUT2D eigenvalue weighted by atomic mass is 35.5. The highest BCUT2D eigenvalue weighted by molar-refractivity contribution is 6.31. The van der Waals surface area contributed by atoms with Crippen molar-refractivity contribution in [2.45, 2.75) is 20.0 Å². The molecule has 0 fully saturated rings. The molecule has 3 nitrogen and oxygen atoms in total. The Bertz CT molecular complexity index is 558. The van der Waals surface area contributed by atoms with E-state index in [0.29, 0.717) is 11.6 Å². The van der Waals surface area contributed by atoms with Gasteiger partial charge in [-0.1, -0.05) is 36.7 Å². The van der Waals surface area contributed by atoms with Gasteiger partial charge in [0, 0.05) is 7.05 Å². The lowest BCUT2D eigenvalue weighted by Gasteiger charge is -2.11. The molecule has 0 spiro atoms. The highest BCUT2D eigenvalue weighted by Crippen LogP contribution is 2.22. The molecule has 1 heterocycles. The number of rotatable bonds is 5. The Morgan fingerprint density at radius 2 is 2.00 bits per heavy atom. The first-order valence-electron chi connectivity index (χ1n) is 6.28. The number of aryl methyl sites for hydroxylation is 1. The molecule has 2 rings (SSSR count). The molecule has 0 aliphatic heterocycles. The number of hydrogen-bond donors (Lipinski definition) is 1. The van der Waals surface area contributed by atoms with Crippen LogP contribution < -0.4 is 10.1 Å². The predicted molar refractivity (Wildman–Crippen MR) is 78.9 cm³/mol. The van der Waals surface area contributed by atoms with Crippen LogP contribution in [-0.4, -0.2) is 12.0 Å². The van der Waals surface area contributed by atoms with Crippen molar-refractivity contribution in [3.63, 3.8) is 0 Å². The zero-order valence-corrected chi connectivity index (χ0v) is 11.9. The molecule has 0 aliphatic carbocycles. The van der Waals surface area contributed by atoms with E-state index >= 15 is 0 Å². The maximum Gasteiger partial charge on any atom is 0.132 e. The molecular weight excluding hydrogens is 260 g/mol. The van der Waals surface area contributed by atoms with E-state index in [1.54, 1.807) is 0 Å². The molecule has 4 heteroatoms. The number of anilines is 1. The van der Waals surface area contributed by atoms with Crippen molar-refractivity contribution < 1.29 is 4.74 Å². The summed E-state index contributed by atoms with van der Waals surface area (Å²) in [4.78, 5) is 4.39. The van der Waals surface area contributed by atoms with Crippen LogP contribution >= 0.6 is 11.6 Å². The fraction of sp³-hybridized carbons (Fsp3) is 0.267. The van der Waals surface area contributed by atoms with E-state index in [1.807, 2.05) is 37.4 Å². The van der Waals surface area contributed by atoms with E-state index in [-0.39, 0.29) is 0 Å². The predicted octanol–water partition coefficient (Wildman–Crippen LogP) is 3.92. The molecule has 1 aromatic heterocycles. The number of para-hydroxylation sites is 1. The third-order valence-electron chi connectivity index (χ3n) is 2.89. The summed E-state index contributed by atoms with van der Waals surface area (Å²) in [6.45, 7) is 2.47. The smallest absolute Gasteiger partial charge is 0.132 e. The van der Waals surface area contributed by atoms with Gasteiger partial charge < -0.3 is 10.1 Å². The molecule has 0 radical (unpaired) electrons.